The Hall–Kier alpha value is -2.34. The molecular weight excluding hydrogens is 294 g/mol. The maximum Gasteiger partial charge on any atom is 0.321 e. The van der Waals surface area contributed by atoms with Crippen LogP contribution >= 0.6 is 0 Å². The number of hydrogen-bond donors (Lipinski definition) is 2. The summed E-state index contributed by atoms with van der Waals surface area (Å²) in [5.41, 5.74) is 1.55. The summed E-state index contributed by atoms with van der Waals surface area (Å²) in [7, 11) is 0. The van der Waals surface area contributed by atoms with Crippen molar-refractivity contribution in [1.29, 1.82) is 0 Å². The van der Waals surface area contributed by atoms with Crippen LogP contribution in [-0.2, 0) is 0 Å². The molecule has 1 heterocycles. The van der Waals surface area contributed by atoms with Gasteiger partial charge in [-0.2, -0.15) is 0 Å². The summed E-state index contributed by atoms with van der Waals surface area (Å²) < 4.78 is 5.23. The van der Waals surface area contributed by atoms with Gasteiger partial charge in [0.1, 0.15) is 6.26 Å². The van der Waals surface area contributed by atoms with Crippen LogP contribution in [-0.4, -0.2) is 40.7 Å². The van der Waals surface area contributed by atoms with Crippen LogP contribution in [0.25, 0.3) is 11.5 Å². The van der Waals surface area contributed by atoms with Gasteiger partial charge in [0.2, 0.25) is 5.89 Å². The number of nitrogens with zero attached hydrogens (tertiary/aromatic N) is 2. The minimum absolute atomic E-state index is 0.0390. The van der Waals surface area contributed by atoms with E-state index in [2.05, 4.69) is 17.2 Å². The summed E-state index contributed by atoms with van der Waals surface area (Å²) in [6.45, 7) is 3.06. The molecule has 1 aromatic carbocycles. The first-order valence-electron chi connectivity index (χ1n) is 7.91. The van der Waals surface area contributed by atoms with Crippen molar-refractivity contribution in [3.8, 4) is 11.5 Å². The average Bonchev–Trinajstić information content (AvgIpc) is 3.09. The van der Waals surface area contributed by atoms with Crippen molar-refractivity contribution in [3.63, 3.8) is 0 Å². The Kier molecular flexibility index (Phi) is 6.62. The number of aliphatic hydroxyl groups is 1. The molecule has 0 unspecified atom stereocenters. The molecule has 0 aliphatic heterocycles. The van der Waals surface area contributed by atoms with Crippen LogP contribution in [0.5, 0.6) is 0 Å². The number of benzene rings is 1. The van der Waals surface area contributed by atoms with Crippen molar-refractivity contribution in [2.45, 2.75) is 26.2 Å². The Balaban J connectivity index is 1.94. The first-order chi connectivity index (χ1) is 11.2. The molecule has 0 aliphatic rings. The molecule has 0 saturated carbocycles. The number of carbonyl (C=O) groups is 1. The summed E-state index contributed by atoms with van der Waals surface area (Å²) in [6.07, 6.45) is 6.21. The van der Waals surface area contributed by atoms with Gasteiger partial charge in [0.15, 0.2) is 0 Å². The number of amides is 2. The number of aromatic nitrogens is 1. The zero-order valence-corrected chi connectivity index (χ0v) is 13.4. The van der Waals surface area contributed by atoms with Gasteiger partial charge in [-0.05, 0) is 30.7 Å². The Labute approximate surface area is 136 Å². The van der Waals surface area contributed by atoms with Gasteiger partial charge < -0.3 is 19.7 Å². The first-order valence-corrected chi connectivity index (χ1v) is 7.91. The lowest BCUT2D eigenvalue weighted by molar-refractivity contribution is 0.187. The van der Waals surface area contributed by atoms with Crippen LogP contribution < -0.4 is 5.32 Å². The Morgan fingerprint density at radius 2 is 2.04 bits per heavy atom. The van der Waals surface area contributed by atoms with E-state index in [0.29, 0.717) is 24.7 Å². The van der Waals surface area contributed by atoms with Crippen LogP contribution in [0.1, 0.15) is 26.2 Å². The lowest BCUT2D eigenvalue weighted by atomic mass is 10.2. The van der Waals surface area contributed by atoms with Crippen LogP contribution in [0, 0.1) is 0 Å². The second-order valence-electron chi connectivity index (χ2n) is 5.26. The highest BCUT2D eigenvalue weighted by Crippen LogP contribution is 2.19. The topological polar surface area (TPSA) is 78.6 Å². The molecule has 0 saturated heterocycles. The first kappa shape index (κ1) is 17.0. The fraction of sp³-hybridized carbons (Fsp3) is 0.412. The molecular formula is C17H23N3O3. The van der Waals surface area contributed by atoms with E-state index in [1.807, 2.05) is 12.1 Å². The summed E-state index contributed by atoms with van der Waals surface area (Å²) >= 11 is 0. The van der Waals surface area contributed by atoms with Crippen molar-refractivity contribution in [2.24, 2.45) is 0 Å². The van der Waals surface area contributed by atoms with Crippen molar-refractivity contribution < 1.29 is 14.3 Å². The standard InChI is InChI=1S/C17H23N3O3/c1-2-3-4-10-20(11-12-21)17(22)19-15-7-5-14(6-8-15)16-18-9-13-23-16/h5-9,13,21H,2-4,10-12H2,1H3,(H,19,22). The summed E-state index contributed by atoms with van der Waals surface area (Å²) in [5.74, 6) is 0.546. The number of anilines is 1. The normalized spacial score (nSPS) is 10.5. The smallest absolute Gasteiger partial charge is 0.321 e. The van der Waals surface area contributed by atoms with Crippen LogP contribution in [0.3, 0.4) is 0 Å². The fourth-order valence-electron chi connectivity index (χ4n) is 2.25. The third-order valence-corrected chi connectivity index (χ3v) is 3.50. The second-order valence-corrected chi connectivity index (χ2v) is 5.26. The van der Waals surface area contributed by atoms with E-state index >= 15 is 0 Å². The lowest BCUT2D eigenvalue weighted by Gasteiger charge is -2.22. The SMILES string of the molecule is CCCCCN(CCO)C(=O)Nc1ccc(-c2ncco2)cc1. The molecule has 2 amide bonds. The molecule has 0 atom stereocenters. The van der Waals surface area contributed by atoms with E-state index in [-0.39, 0.29) is 12.6 Å². The number of urea groups is 1. The van der Waals surface area contributed by atoms with Gasteiger partial charge in [-0.25, -0.2) is 9.78 Å². The van der Waals surface area contributed by atoms with Crippen LogP contribution in [0.2, 0.25) is 0 Å². The highest BCUT2D eigenvalue weighted by atomic mass is 16.3. The van der Waals surface area contributed by atoms with Gasteiger partial charge in [0.05, 0.1) is 12.8 Å². The molecule has 124 valence electrons. The molecule has 0 bridgehead atoms. The van der Waals surface area contributed by atoms with E-state index in [1.54, 1.807) is 23.2 Å². The van der Waals surface area contributed by atoms with Crippen LogP contribution in [0.4, 0.5) is 10.5 Å². The zero-order chi connectivity index (χ0) is 16.5. The Morgan fingerprint density at radius 1 is 1.26 bits per heavy atom. The molecule has 1 aromatic heterocycles. The van der Waals surface area contributed by atoms with Gasteiger partial charge in [-0.1, -0.05) is 19.8 Å². The number of rotatable bonds is 8. The molecule has 6 heteroatoms. The molecule has 2 aromatic rings. The highest BCUT2D eigenvalue weighted by molar-refractivity contribution is 5.89. The largest absolute Gasteiger partial charge is 0.445 e. The minimum Gasteiger partial charge on any atom is -0.445 e. The maximum absolute atomic E-state index is 12.3. The second kappa shape index (κ2) is 8.95. The van der Waals surface area contributed by atoms with Gasteiger partial charge in [-0.3, -0.25) is 0 Å². The molecule has 0 radical (unpaired) electrons. The molecule has 6 nitrogen and oxygen atoms in total. The average molecular weight is 317 g/mol. The molecule has 0 spiro atoms. The van der Waals surface area contributed by atoms with E-state index in [4.69, 9.17) is 9.52 Å². The molecule has 2 N–H and O–H groups in total. The van der Waals surface area contributed by atoms with E-state index in [1.165, 1.54) is 6.26 Å². The predicted octanol–water partition coefficient (Wildman–Crippen LogP) is 3.36. The maximum atomic E-state index is 12.3. The van der Waals surface area contributed by atoms with Gasteiger partial charge >= 0.3 is 6.03 Å². The molecule has 2 rings (SSSR count). The summed E-state index contributed by atoms with van der Waals surface area (Å²) in [5, 5.41) is 12.0. The van der Waals surface area contributed by atoms with E-state index in [9.17, 15) is 4.79 Å². The molecule has 0 fully saturated rings. The lowest BCUT2D eigenvalue weighted by Crippen LogP contribution is -2.37. The third-order valence-electron chi connectivity index (χ3n) is 3.50. The Bertz CT molecular complexity index is 582. The number of hydrogen-bond acceptors (Lipinski definition) is 4. The zero-order valence-electron chi connectivity index (χ0n) is 13.4. The van der Waals surface area contributed by atoms with E-state index in [0.717, 1.165) is 24.8 Å². The number of unbranched alkanes of at least 4 members (excludes halogenated alkanes) is 2. The van der Waals surface area contributed by atoms with Crippen molar-refractivity contribution in [1.82, 2.24) is 9.88 Å². The van der Waals surface area contributed by atoms with Crippen molar-refractivity contribution in [3.05, 3.63) is 36.7 Å². The van der Waals surface area contributed by atoms with Gasteiger partial charge in [-0.15, -0.1) is 0 Å². The monoisotopic (exact) mass is 317 g/mol. The molecule has 23 heavy (non-hydrogen) atoms. The van der Waals surface area contributed by atoms with Gasteiger partial charge in [0.25, 0.3) is 0 Å². The third kappa shape index (κ3) is 5.10. The number of nitrogens with one attached hydrogen (secondary N) is 1. The highest BCUT2D eigenvalue weighted by Gasteiger charge is 2.12. The fourth-order valence-corrected chi connectivity index (χ4v) is 2.25. The van der Waals surface area contributed by atoms with Crippen molar-refractivity contribution in [2.75, 3.05) is 25.0 Å². The predicted molar refractivity (Wildman–Crippen MR) is 89.1 cm³/mol. The molecule has 0 aliphatic carbocycles. The Morgan fingerprint density at radius 3 is 2.65 bits per heavy atom. The summed E-state index contributed by atoms with van der Waals surface area (Å²) in [6, 6.07) is 7.10. The van der Waals surface area contributed by atoms with Crippen molar-refractivity contribution >= 4 is 11.7 Å². The van der Waals surface area contributed by atoms with E-state index < -0.39 is 0 Å². The summed E-state index contributed by atoms with van der Waals surface area (Å²) in [4.78, 5) is 18.0. The van der Waals surface area contributed by atoms with Crippen LogP contribution in [0.15, 0.2) is 41.1 Å². The minimum atomic E-state index is -0.195. The number of carbonyl (C=O) groups excluding carboxylic acids is 1. The number of aliphatic hydroxyl groups excluding tert-OH is 1. The van der Waals surface area contributed by atoms with Gasteiger partial charge in [0, 0.05) is 24.3 Å². The quantitative estimate of drug-likeness (QED) is 0.732. The number of oxazole rings is 1.